The van der Waals surface area contributed by atoms with Gasteiger partial charge >= 0.3 is 0 Å². The summed E-state index contributed by atoms with van der Waals surface area (Å²) in [4.78, 5) is 6.82. The van der Waals surface area contributed by atoms with Crippen molar-refractivity contribution in [2.24, 2.45) is 0 Å². The molecule has 0 saturated carbocycles. The van der Waals surface area contributed by atoms with Gasteiger partial charge in [-0.2, -0.15) is 4.98 Å². The van der Waals surface area contributed by atoms with Crippen molar-refractivity contribution < 1.29 is 9.15 Å². The van der Waals surface area contributed by atoms with Crippen molar-refractivity contribution in [3.8, 4) is 0 Å². The molecule has 1 saturated heterocycles. The Morgan fingerprint density at radius 1 is 1.32 bits per heavy atom. The summed E-state index contributed by atoms with van der Waals surface area (Å²) in [6.07, 6.45) is 0. The lowest BCUT2D eigenvalue weighted by Gasteiger charge is -2.29. The van der Waals surface area contributed by atoms with Crippen LogP contribution in [-0.2, 0) is 4.74 Å². The Bertz CT molecular complexity index is 501. The number of para-hydroxylation sites is 2. The zero-order chi connectivity index (χ0) is 13.1. The maximum atomic E-state index is 5.66. The molecule has 5 heteroatoms. The molecule has 2 heterocycles. The molecule has 0 radical (unpaired) electrons. The first-order chi connectivity index (χ1) is 9.31. The van der Waals surface area contributed by atoms with Crippen LogP contribution < -0.4 is 5.32 Å². The maximum Gasteiger partial charge on any atom is 0.295 e. The highest BCUT2D eigenvalue weighted by molar-refractivity contribution is 5.74. The summed E-state index contributed by atoms with van der Waals surface area (Å²) in [5, 5.41) is 3.32. The molecule has 0 unspecified atom stereocenters. The van der Waals surface area contributed by atoms with Gasteiger partial charge in [-0.25, -0.2) is 0 Å². The molecule has 1 aliphatic heterocycles. The fraction of sp³-hybridized carbons (Fsp3) is 0.500. The zero-order valence-electron chi connectivity index (χ0n) is 11.1. The summed E-state index contributed by atoms with van der Waals surface area (Å²) >= 11 is 0. The topological polar surface area (TPSA) is 50.5 Å². The van der Waals surface area contributed by atoms with Gasteiger partial charge < -0.3 is 14.5 Å². The Balaban J connectivity index is 1.60. The molecule has 102 valence electrons. The van der Waals surface area contributed by atoms with Crippen LogP contribution in [0.4, 0.5) is 6.01 Å². The van der Waals surface area contributed by atoms with Crippen LogP contribution >= 0.6 is 0 Å². The zero-order valence-corrected chi connectivity index (χ0v) is 11.1. The van der Waals surface area contributed by atoms with E-state index in [0.29, 0.717) is 12.1 Å². The van der Waals surface area contributed by atoms with Gasteiger partial charge in [0.1, 0.15) is 5.52 Å². The lowest BCUT2D eigenvalue weighted by Crippen LogP contribution is -2.42. The standard InChI is InChI=1S/C14H19N3O2/c1-11(10-17-6-8-18-9-7-17)15-14-16-12-4-2-3-5-13(12)19-14/h2-5,11H,6-10H2,1H3,(H,15,16)/t11-/m0/s1. The molecule has 0 amide bonds. The predicted octanol–water partition coefficient (Wildman–Crippen LogP) is 1.96. The average Bonchev–Trinajstić information content (AvgIpc) is 2.81. The first kappa shape index (κ1) is 12.4. The second kappa shape index (κ2) is 5.59. The summed E-state index contributed by atoms with van der Waals surface area (Å²) in [6.45, 7) is 6.77. The van der Waals surface area contributed by atoms with Gasteiger partial charge in [-0.1, -0.05) is 12.1 Å². The van der Waals surface area contributed by atoms with Crippen LogP contribution in [0.15, 0.2) is 28.7 Å². The van der Waals surface area contributed by atoms with E-state index in [-0.39, 0.29) is 0 Å². The van der Waals surface area contributed by atoms with E-state index in [0.717, 1.165) is 43.9 Å². The molecule has 1 atom stereocenters. The molecule has 0 spiro atoms. The molecule has 1 aromatic carbocycles. The van der Waals surface area contributed by atoms with Crippen LogP contribution in [0.1, 0.15) is 6.92 Å². The van der Waals surface area contributed by atoms with Gasteiger partial charge in [0.05, 0.1) is 13.2 Å². The highest BCUT2D eigenvalue weighted by atomic mass is 16.5. The van der Waals surface area contributed by atoms with Gasteiger partial charge in [0.15, 0.2) is 5.58 Å². The highest BCUT2D eigenvalue weighted by Crippen LogP contribution is 2.18. The monoisotopic (exact) mass is 261 g/mol. The highest BCUT2D eigenvalue weighted by Gasteiger charge is 2.15. The van der Waals surface area contributed by atoms with E-state index in [9.17, 15) is 0 Å². The van der Waals surface area contributed by atoms with Gasteiger partial charge in [0.25, 0.3) is 6.01 Å². The van der Waals surface area contributed by atoms with Gasteiger partial charge in [0, 0.05) is 25.7 Å². The molecule has 1 aliphatic rings. The quantitative estimate of drug-likeness (QED) is 0.911. The molecule has 1 N–H and O–H groups in total. The Hall–Kier alpha value is -1.59. The SMILES string of the molecule is C[C@@H](CN1CCOCC1)Nc1nc2ccccc2o1. The van der Waals surface area contributed by atoms with E-state index in [2.05, 4.69) is 22.1 Å². The normalized spacial score (nSPS) is 18.6. The molecule has 1 fully saturated rings. The molecule has 5 nitrogen and oxygen atoms in total. The van der Waals surface area contributed by atoms with Crippen molar-refractivity contribution in [2.75, 3.05) is 38.2 Å². The third kappa shape index (κ3) is 3.05. The Kier molecular flexibility index (Phi) is 3.66. The second-order valence-electron chi connectivity index (χ2n) is 4.95. The summed E-state index contributed by atoms with van der Waals surface area (Å²) in [5.41, 5.74) is 1.71. The summed E-state index contributed by atoms with van der Waals surface area (Å²) in [6, 6.07) is 8.70. The number of nitrogens with one attached hydrogen (secondary N) is 1. The number of ether oxygens (including phenoxy) is 1. The van der Waals surface area contributed by atoms with E-state index in [1.165, 1.54) is 0 Å². The van der Waals surface area contributed by atoms with E-state index in [4.69, 9.17) is 9.15 Å². The number of rotatable bonds is 4. The first-order valence-electron chi connectivity index (χ1n) is 6.73. The average molecular weight is 261 g/mol. The Labute approximate surface area is 112 Å². The minimum Gasteiger partial charge on any atom is -0.424 e. The van der Waals surface area contributed by atoms with E-state index >= 15 is 0 Å². The van der Waals surface area contributed by atoms with Crippen molar-refractivity contribution in [1.82, 2.24) is 9.88 Å². The lowest BCUT2D eigenvalue weighted by molar-refractivity contribution is 0.0367. The van der Waals surface area contributed by atoms with Crippen LogP contribution in [-0.4, -0.2) is 48.8 Å². The number of nitrogens with zero attached hydrogens (tertiary/aromatic N) is 2. The molecule has 0 aliphatic carbocycles. The van der Waals surface area contributed by atoms with E-state index in [1.54, 1.807) is 0 Å². The third-order valence-electron chi connectivity index (χ3n) is 3.30. The lowest BCUT2D eigenvalue weighted by atomic mass is 10.3. The second-order valence-corrected chi connectivity index (χ2v) is 4.95. The Morgan fingerprint density at radius 3 is 2.89 bits per heavy atom. The summed E-state index contributed by atoms with van der Waals surface area (Å²) < 4.78 is 11.0. The van der Waals surface area contributed by atoms with E-state index < -0.39 is 0 Å². The maximum absolute atomic E-state index is 5.66. The fourth-order valence-electron chi connectivity index (χ4n) is 2.36. The number of morpholine rings is 1. The fourth-order valence-corrected chi connectivity index (χ4v) is 2.36. The molecule has 3 rings (SSSR count). The number of hydrogen-bond donors (Lipinski definition) is 1. The van der Waals surface area contributed by atoms with Gasteiger partial charge in [-0.05, 0) is 19.1 Å². The van der Waals surface area contributed by atoms with Crippen molar-refractivity contribution in [2.45, 2.75) is 13.0 Å². The number of oxazole rings is 1. The van der Waals surface area contributed by atoms with Crippen LogP contribution in [0.2, 0.25) is 0 Å². The molecular formula is C14H19N3O2. The minimum atomic E-state index is 0.297. The molecule has 19 heavy (non-hydrogen) atoms. The molecule has 2 aromatic rings. The molecule has 0 bridgehead atoms. The van der Waals surface area contributed by atoms with Crippen LogP contribution in [0.25, 0.3) is 11.1 Å². The largest absolute Gasteiger partial charge is 0.424 e. The van der Waals surface area contributed by atoms with Crippen LogP contribution in [0, 0.1) is 0 Å². The smallest absolute Gasteiger partial charge is 0.295 e. The van der Waals surface area contributed by atoms with Crippen molar-refractivity contribution in [3.05, 3.63) is 24.3 Å². The third-order valence-corrected chi connectivity index (χ3v) is 3.30. The summed E-state index contributed by atoms with van der Waals surface area (Å²) in [7, 11) is 0. The van der Waals surface area contributed by atoms with Gasteiger partial charge in [0.2, 0.25) is 0 Å². The number of hydrogen-bond acceptors (Lipinski definition) is 5. The molecule has 1 aromatic heterocycles. The van der Waals surface area contributed by atoms with Gasteiger partial charge in [-0.3, -0.25) is 4.90 Å². The van der Waals surface area contributed by atoms with Crippen LogP contribution in [0.5, 0.6) is 0 Å². The molecular weight excluding hydrogens is 242 g/mol. The number of benzene rings is 1. The minimum absolute atomic E-state index is 0.297. The predicted molar refractivity (Wildman–Crippen MR) is 74.4 cm³/mol. The van der Waals surface area contributed by atoms with Gasteiger partial charge in [-0.15, -0.1) is 0 Å². The van der Waals surface area contributed by atoms with Crippen molar-refractivity contribution in [1.29, 1.82) is 0 Å². The van der Waals surface area contributed by atoms with Crippen molar-refractivity contribution in [3.63, 3.8) is 0 Å². The number of fused-ring (bicyclic) bond motifs is 1. The first-order valence-corrected chi connectivity index (χ1v) is 6.73. The van der Waals surface area contributed by atoms with E-state index in [1.807, 2.05) is 24.3 Å². The number of aromatic nitrogens is 1. The summed E-state index contributed by atoms with van der Waals surface area (Å²) in [5.74, 6) is 0. The number of anilines is 1. The van der Waals surface area contributed by atoms with Crippen molar-refractivity contribution >= 4 is 17.1 Å². The Morgan fingerprint density at radius 2 is 2.11 bits per heavy atom. The van der Waals surface area contributed by atoms with Crippen LogP contribution in [0.3, 0.4) is 0 Å².